The van der Waals surface area contributed by atoms with Crippen LogP contribution in [0.5, 0.6) is 0 Å². The molecular weight excluding hydrogens is 424 g/mol. The first-order chi connectivity index (χ1) is 16.4. The number of nitriles is 1. The molecule has 0 aliphatic rings. The van der Waals surface area contributed by atoms with Gasteiger partial charge in [0.15, 0.2) is 0 Å². The van der Waals surface area contributed by atoms with Crippen LogP contribution in [0.1, 0.15) is 41.9 Å². The monoisotopic (exact) mass is 448 g/mol. The molecule has 0 radical (unpaired) electrons. The highest BCUT2D eigenvalue weighted by Crippen LogP contribution is 2.44. The summed E-state index contributed by atoms with van der Waals surface area (Å²) in [5.74, 6) is -0.956. The average molecular weight is 449 g/mol. The van der Waals surface area contributed by atoms with Gasteiger partial charge in [-0.25, -0.2) is 4.79 Å². The van der Waals surface area contributed by atoms with Gasteiger partial charge in [-0.05, 0) is 35.4 Å². The van der Waals surface area contributed by atoms with E-state index in [0.717, 1.165) is 44.2 Å². The van der Waals surface area contributed by atoms with Crippen LogP contribution in [0.3, 0.4) is 0 Å². The normalized spacial score (nSPS) is 11.7. The Hall–Kier alpha value is -4.37. The Morgan fingerprint density at radius 3 is 2.53 bits per heavy atom. The summed E-state index contributed by atoms with van der Waals surface area (Å²) in [6.45, 7) is 4.83. The van der Waals surface area contributed by atoms with Gasteiger partial charge < -0.3 is 9.67 Å². The fourth-order valence-corrected chi connectivity index (χ4v) is 4.77. The molecule has 5 aromatic rings. The Morgan fingerprint density at radius 1 is 1.12 bits per heavy atom. The minimum Gasteiger partial charge on any atom is -0.478 e. The first-order valence-electron chi connectivity index (χ1n) is 11.1. The van der Waals surface area contributed by atoms with Gasteiger partial charge in [0.05, 0.1) is 28.9 Å². The molecule has 0 saturated heterocycles. The number of nitrogens with one attached hydrogen (secondary N) is 1. The molecule has 0 aliphatic carbocycles. The molecule has 34 heavy (non-hydrogen) atoms. The number of aromatic amines is 1. The van der Waals surface area contributed by atoms with Gasteiger partial charge in [-0.2, -0.15) is 10.4 Å². The van der Waals surface area contributed by atoms with E-state index in [1.165, 1.54) is 0 Å². The zero-order valence-electron chi connectivity index (χ0n) is 19.0. The standard InChI is InChI=1S/C28H24N4O2/c1-28(2,12-13-29)26-25(19-8-10-20(11-9-19)27(33)34)22-15-23-21(16-30-31-23)14-24(22)32(26)17-18-6-4-3-5-7-18/h3-11,14-16H,12,17H2,1-2H3,(H,30,31)(H,33,34). The molecule has 0 spiro atoms. The van der Waals surface area contributed by atoms with Gasteiger partial charge in [0.25, 0.3) is 0 Å². The smallest absolute Gasteiger partial charge is 0.335 e. The van der Waals surface area contributed by atoms with Gasteiger partial charge >= 0.3 is 5.97 Å². The number of nitrogens with zero attached hydrogens (tertiary/aromatic N) is 3. The molecule has 2 aromatic heterocycles. The van der Waals surface area contributed by atoms with Crippen molar-refractivity contribution in [2.75, 3.05) is 0 Å². The van der Waals surface area contributed by atoms with Crippen LogP contribution >= 0.6 is 0 Å². The van der Waals surface area contributed by atoms with Gasteiger partial charge in [-0.3, -0.25) is 5.10 Å². The van der Waals surface area contributed by atoms with E-state index in [-0.39, 0.29) is 5.56 Å². The van der Waals surface area contributed by atoms with Crippen LogP contribution < -0.4 is 0 Å². The maximum atomic E-state index is 11.4. The number of carboxylic acid groups (broad SMARTS) is 1. The van der Waals surface area contributed by atoms with Crippen molar-refractivity contribution < 1.29 is 9.90 Å². The van der Waals surface area contributed by atoms with Crippen LogP contribution in [-0.2, 0) is 12.0 Å². The molecule has 2 N–H and O–H groups in total. The first-order valence-corrected chi connectivity index (χ1v) is 11.1. The number of carbonyl (C=O) groups is 1. The van der Waals surface area contributed by atoms with Crippen LogP contribution in [0.25, 0.3) is 32.9 Å². The summed E-state index contributed by atoms with van der Waals surface area (Å²) < 4.78 is 2.30. The summed E-state index contributed by atoms with van der Waals surface area (Å²) in [4.78, 5) is 11.4. The third-order valence-corrected chi connectivity index (χ3v) is 6.39. The zero-order chi connectivity index (χ0) is 23.9. The highest BCUT2D eigenvalue weighted by molar-refractivity contribution is 6.05. The lowest BCUT2D eigenvalue weighted by molar-refractivity contribution is 0.0697. The van der Waals surface area contributed by atoms with E-state index in [1.807, 2.05) is 36.5 Å². The van der Waals surface area contributed by atoms with Gasteiger partial charge in [-0.1, -0.05) is 56.3 Å². The largest absolute Gasteiger partial charge is 0.478 e. The molecule has 0 aliphatic heterocycles. The van der Waals surface area contributed by atoms with Gasteiger partial charge in [0, 0.05) is 40.4 Å². The average Bonchev–Trinajstić information content (AvgIpc) is 3.41. The lowest BCUT2D eigenvalue weighted by atomic mass is 9.81. The summed E-state index contributed by atoms with van der Waals surface area (Å²) in [5.41, 5.74) is 5.92. The van der Waals surface area contributed by atoms with Crippen molar-refractivity contribution in [1.29, 1.82) is 5.26 Å². The van der Waals surface area contributed by atoms with E-state index >= 15 is 0 Å². The van der Waals surface area contributed by atoms with Crippen molar-refractivity contribution in [2.24, 2.45) is 0 Å². The maximum Gasteiger partial charge on any atom is 0.335 e. The Kier molecular flexibility index (Phi) is 5.18. The third kappa shape index (κ3) is 3.61. The minimum atomic E-state index is -0.956. The Labute approximate surface area is 197 Å². The summed E-state index contributed by atoms with van der Waals surface area (Å²) in [5, 5.41) is 28.4. The molecule has 0 unspecified atom stereocenters. The predicted molar refractivity (Wildman–Crippen MR) is 133 cm³/mol. The molecular formula is C28H24N4O2. The number of benzene rings is 3. The molecule has 0 amide bonds. The van der Waals surface area contributed by atoms with Crippen molar-refractivity contribution in [3.05, 3.63) is 89.7 Å². The molecule has 0 fully saturated rings. The molecule has 2 heterocycles. The minimum absolute atomic E-state index is 0.241. The first kappa shape index (κ1) is 21.5. The van der Waals surface area contributed by atoms with Crippen molar-refractivity contribution in [3.8, 4) is 17.2 Å². The van der Waals surface area contributed by atoms with Crippen LogP contribution in [0.2, 0.25) is 0 Å². The van der Waals surface area contributed by atoms with Crippen LogP contribution in [-0.4, -0.2) is 25.8 Å². The van der Waals surface area contributed by atoms with E-state index in [9.17, 15) is 15.2 Å². The summed E-state index contributed by atoms with van der Waals surface area (Å²) in [6, 6.07) is 23.8. The highest BCUT2D eigenvalue weighted by Gasteiger charge is 2.31. The van der Waals surface area contributed by atoms with Crippen molar-refractivity contribution >= 4 is 27.8 Å². The Bertz CT molecular complexity index is 1550. The molecule has 0 atom stereocenters. The lowest BCUT2D eigenvalue weighted by Crippen LogP contribution is -2.22. The van der Waals surface area contributed by atoms with Crippen LogP contribution in [0.15, 0.2) is 72.9 Å². The quantitative estimate of drug-likeness (QED) is 0.327. The SMILES string of the molecule is CC(C)(CC#N)c1c(-c2ccc(C(=O)O)cc2)c2cc3[nH]ncc3cc2n1Cc1ccccc1. The van der Waals surface area contributed by atoms with E-state index in [0.29, 0.717) is 13.0 Å². The van der Waals surface area contributed by atoms with E-state index < -0.39 is 11.4 Å². The van der Waals surface area contributed by atoms with Gasteiger partial charge in [-0.15, -0.1) is 0 Å². The topological polar surface area (TPSA) is 94.7 Å². The second kappa shape index (κ2) is 8.20. The number of fused-ring (bicyclic) bond motifs is 2. The molecule has 0 bridgehead atoms. The number of carboxylic acids is 1. The number of aromatic carboxylic acids is 1. The van der Waals surface area contributed by atoms with E-state index in [4.69, 9.17) is 0 Å². The summed E-state index contributed by atoms with van der Waals surface area (Å²) >= 11 is 0. The summed E-state index contributed by atoms with van der Waals surface area (Å²) in [7, 11) is 0. The zero-order valence-corrected chi connectivity index (χ0v) is 19.0. The predicted octanol–water partition coefficient (Wildman–Crippen LogP) is 6.12. The van der Waals surface area contributed by atoms with Crippen molar-refractivity contribution in [3.63, 3.8) is 0 Å². The second-order valence-electron chi connectivity index (χ2n) is 9.22. The lowest BCUT2D eigenvalue weighted by Gasteiger charge is -2.26. The second-order valence-corrected chi connectivity index (χ2v) is 9.22. The molecule has 6 heteroatoms. The fraction of sp³-hybridized carbons (Fsp3) is 0.179. The van der Waals surface area contributed by atoms with Crippen molar-refractivity contribution in [2.45, 2.75) is 32.2 Å². The third-order valence-electron chi connectivity index (χ3n) is 6.39. The molecule has 3 aromatic carbocycles. The fourth-order valence-electron chi connectivity index (χ4n) is 4.77. The van der Waals surface area contributed by atoms with Gasteiger partial charge in [0.1, 0.15) is 0 Å². The van der Waals surface area contributed by atoms with Crippen LogP contribution in [0.4, 0.5) is 0 Å². The van der Waals surface area contributed by atoms with E-state index in [1.54, 1.807) is 12.1 Å². The highest BCUT2D eigenvalue weighted by atomic mass is 16.4. The molecule has 0 saturated carbocycles. The number of hydrogen-bond acceptors (Lipinski definition) is 3. The number of rotatable bonds is 6. The molecule has 168 valence electrons. The number of aromatic nitrogens is 3. The maximum absolute atomic E-state index is 11.4. The Morgan fingerprint density at radius 2 is 1.85 bits per heavy atom. The summed E-state index contributed by atoms with van der Waals surface area (Å²) in [6.07, 6.45) is 2.16. The number of H-pyrrole nitrogens is 1. The van der Waals surface area contributed by atoms with Gasteiger partial charge in [0.2, 0.25) is 0 Å². The van der Waals surface area contributed by atoms with E-state index in [2.05, 4.69) is 58.9 Å². The van der Waals surface area contributed by atoms with Crippen molar-refractivity contribution in [1.82, 2.24) is 14.8 Å². The Balaban J connectivity index is 1.87. The van der Waals surface area contributed by atoms with Crippen LogP contribution in [0, 0.1) is 11.3 Å². The molecule has 5 rings (SSSR count). The molecule has 6 nitrogen and oxygen atoms in total. The number of hydrogen-bond donors (Lipinski definition) is 2.